The van der Waals surface area contributed by atoms with Crippen molar-refractivity contribution in [1.29, 1.82) is 0 Å². The van der Waals surface area contributed by atoms with E-state index in [4.69, 9.17) is 4.42 Å². The van der Waals surface area contributed by atoms with Gasteiger partial charge in [-0.1, -0.05) is 42.5 Å². The fourth-order valence-electron chi connectivity index (χ4n) is 4.06. The van der Waals surface area contributed by atoms with Crippen LogP contribution in [-0.4, -0.2) is 16.4 Å². The van der Waals surface area contributed by atoms with Crippen LogP contribution in [-0.2, 0) is 18.4 Å². The van der Waals surface area contributed by atoms with Crippen molar-refractivity contribution in [3.05, 3.63) is 114 Å². The van der Waals surface area contributed by atoms with E-state index in [1.54, 1.807) is 48.7 Å². The number of aromatic nitrogens is 1. The summed E-state index contributed by atoms with van der Waals surface area (Å²) in [5.41, 5.74) is 3.65. The number of para-hydroxylation sites is 1. The molecule has 0 aliphatic carbocycles. The molecule has 5 rings (SSSR count). The number of hydrogen-bond donors (Lipinski definition) is 2. The number of amides is 2. The first kappa shape index (κ1) is 21.3. The van der Waals surface area contributed by atoms with Gasteiger partial charge in [0, 0.05) is 34.4 Å². The molecule has 0 atom stereocenters. The lowest BCUT2D eigenvalue weighted by molar-refractivity contribution is -0.118. The number of carbonyl (C=O) groups excluding carboxylic acids is 2. The largest absolute Gasteiger partial charge is 0.467 e. The highest BCUT2D eigenvalue weighted by atomic mass is 16.3. The second kappa shape index (κ2) is 9.11. The zero-order valence-electron chi connectivity index (χ0n) is 18.6. The van der Waals surface area contributed by atoms with E-state index in [9.17, 15) is 9.59 Å². The summed E-state index contributed by atoms with van der Waals surface area (Å²) >= 11 is 0. The van der Waals surface area contributed by atoms with Gasteiger partial charge < -0.3 is 19.6 Å². The van der Waals surface area contributed by atoms with Crippen LogP contribution in [0.15, 0.2) is 101 Å². The van der Waals surface area contributed by atoms with Gasteiger partial charge in [-0.25, -0.2) is 0 Å². The number of nitrogens with zero attached hydrogens (tertiary/aromatic N) is 1. The highest BCUT2D eigenvalue weighted by Crippen LogP contribution is 2.29. The number of furan rings is 1. The van der Waals surface area contributed by atoms with E-state index in [0.29, 0.717) is 11.3 Å². The number of aryl methyl sites for hydroxylation is 1. The van der Waals surface area contributed by atoms with Crippen molar-refractivity contribution in [2.24, 2.45) is 7.05 Å². The van der Waals surface area contributed by atoms with Crippen molar-refractivity contribution >= 4 is 39.7 Å². The van der Waals surface area contributed by atoms with Gasteiger partial charge in [0.25, 0.3) is 11.8 Å². The van der Waals surface area contributed by atoms with Crippen molar-refractivity contribution in [2.75, 3.05) is 0 Å². The lowest BCUT2D eigenvalue weighted by atomic mass is 10.1. The molecule has 0 aliphatic rings. The molecule has 0 fully saturated rings. The van der Waals surface area contributed by atoms with Crippen LogP contribution in [0.3, 0.4) is 0 Å². The molecule has 0 unspecified atom stereocenters. The quantitative estimate of drug-likeness (QED) is 0.358. The van der Waals surface area contributed by atoms with Gasteiger partial charge >= 0.3 is 0 Å². The van der Waals surface area contributed by atoms with Crippen LogP contribution in [0.4, 0.5) is 0 Å². The van der Waals surface area contributed by atoms with E-state index in [2.05, 4.69) is 27.3 Å². The normalized spacial score (nSPS) is 11.6. The highest BCUT2D eigenvalue weighted by Gasteiger charge is 2.16. The van der Waals surface area contributed by atoms with Crippen molar-refractivity contribution in [3.63, 3.8) is 0 Å². The van der Waals surface area contributed by atoms with E-state index in [-0.39, 0.29) is 18.1 Å². The maximum absolute atomic E-state index is 13.0. The number of carbonyl (C=O) groups is 2. The van der Waals surface area contributed by atoms with Gasteiger partial charge in [0.05, 0.1) is 12.8 Å². The Balaban J connectivity index is 1.51. The Bertz CT molecular complexity index is 1510. The summed E-state index contributed by atoms with van der Waals surface area (Å²) in [6.07, 6.45) is 3.24. The first-order valence-electron chi connectivity index (χ1n) is 11.0. The molecule has 0 spiro atoms. The molecule has 0 radical (unpaired) electrons. The van der Waals surface area contributed by atoms with Gasteiger partial charge in [-0.05, 0) is 54.1 Å². The molecule has 0 saturated carbocycles. The maximum Gasteiger partial charge on any atom is 0.268 e. The molecule has 2 heterocycles. The van der Waals surface area contributed by atoms with Gasteiger partial charge in [-0.3, -0.25) is 9.59 Å². The summed E-state index contributed by atoms with van der Waals surface area (Å²) in [6.45, 7) is 0.215. The van der Waals surface area contributed by atoms with Crippen LogP contribution in [0, 0.1) is 0 Å². The fourth-order valence-corrected chi connectivity index (χ4v) is 4.06. The Morgan fingerprint density at radius 2 is 1.65 bits per heavy atom. The molecule has 2 N–H and O–H groups in total. The summed E-state index contributed by atoms with van der Waals surface area (Å²) in [6, 6.07) is 26.5. The average molecular weight is 450 g/mol. The van der Waals surface area contributed by atoms with E-state index in [1.807, 2.05) is 43.4 Å². The molecule has 0 aliphatic heterocycles. The molecule has 3 aromatic carbocycles. The molecule has 34 heavy (non-hydrogen) atoms. The van der Waals surface area contributed by atoms with Crippen LogP contribution < -0.4 is 10.6 Å². The maximum atomic E-state index is 13.0. The van der Waals surface area contributed by atoms with Gasteiger partial charge in [-0.15, -0.1) is 0 Å². The third-order valence-corrected chi connectivity index (χ3v) is 5.78. The van der Waals surface area contributed by atoms with Crippen LogP contribution >= 0.6 is 0 Å². The molecular weight excluding hydrogens is 426 g/mol. The standard InChI is InChI=1S/C28H23N3O3/c1-31-25-12-6-5-11-22(25)23-16-19(13-14-26(23)31)17-24(28(33)29-18-21-10-7-15-34-21)30-27(32)20-8-3-2-4-9-20/h2-17H,18H2,1H3,(H,29,33)(H,30,32). The second-order valence-corrected chi connectivity index (χ2v) is 7.99. The molecule has 2 aromatic heterocycles. The second-order valence-electron chi connectivity index (χ2n) is 7.99. The Morgan fingerprint density at radius 3 is 2.44 bits per heavy atom. The minimum atomic E-state index is -0.404. The topological polar surface area (TPSA) is 76.3 Å². The molecule has 0 saturated heterocycles. The smallest absolute Gasteiger partial charge is 0.268 e. The van der Waals surface area contributed by atoms with Crippen LogP contribution in [0.5, 0.6) is 0 Å². The van der Waals surface area contributed by atoms with Gasteiger partial charge in [0.2, 0.25) is 0 Å². The molecule has 2 amide bonds. The molecular formula is C28H23N3O3. The minimum Gasteiger partial charge on any atom is -0.467 e. The Labute approximate surface area is 196 Å². The number of benzene rings is 3. The van der Waals surface area contributed by atoms with Crippen molar-refractivity contribution in [2.45, 2.75) is 6.54 Å². The summed E-state index contributed by atoms with van der Waals surface area (Å²) in [5, 5.41) is 7.80. The highest BCUT2D eigenvalue weighted by molar-refractivity contribution is 6.09. The lowest BCUT2D eigenvalue weighted by Crippen LogP contribution is -2.34. The first-order valence-corrected chi connectivity index (χ1v) is 11.0. The third kappa shape index (κ3) is 4.21. The lowest BCUT2D eigenvalue weighted by Gasteiger charge is -2.11. The van der Waals surface area contributed by atoms with Crippen molar-refractivity contribution in [3.8, 4) is 0 Å². The summed E-state index contributed by atoms with van der Waals surface area (Å²) in [7, 11) is 2.04. The molecule has 6 heteroatoms. The number of hydrogen-bond acceptors (Lipinski definition) is 3. The predicted molar refractivity (Wildman–Crippen MR) is 133 cm³/mol. The predicted octanol–water partition coefficient (Wildman–Crippen LogP) is 5.01. The summed E-state index contributed by atoms with van der Waals surface area (Å²) in [4.78, 5) is 25.9. The zero-order valence-corrected chi connectivity index (χ0v) is 18.6. The molecule has 5 aromatic rings. The van der Waals surface area contributed by atoms with Crippen molar-refractivity contribution in [1.82, 2.24) is 15.2 Å². The summed E-state index contributed by atoms with van der Waals surface area (Å²) < 4.78 is 7.45. The first-order chi connectivity index (χ1) is 16.6. The van der Waals surface area contributed by atoms with Crippen LogP contribution in [0.2, 0.25) is 0 Å². The number of nitrogens with one attached hydrogen (secondary N) is 2. The number of rotatable bonds is 6. The number of fused-ring (bicyclic) bond motifs is 3. The van der Waals surface area contributed by atoms with Gasteiger partial charge in [0.1, 0.15) is 11.5 Å². The zero-order chi connectivity index (χ0) is 23.5. The van der Waals surface area contributed by atoms with Crippen LogP contribution in [0.25, 0.3) is 27.9 Å². The van der Waals surface area contributed by atoms with Crippen LogP contribution in [0.1, 0.15) is 21.7 Å². The Hall–Kier alpha value is -4.58. The van der Waals surface area contributed by atoms with Gasteiger partial charge in [0.15, 0.2) is 0 Å². The van der Waals surface area contributed by atoms with Gasteiger partial charge in [-0.2, -0.15) is 0 Å². The average Bonchev–Trinajstić information content (AvgIpc) is 3.49. The summed E-state index contributed by atoms with van der Waals surface area (Å²) in [5.74, 6) is -0.135. The molecule has 168 valence electrons. The molecule has 6 nitrogen and oxygen atoms in total. The third-order valence-electron chi connectivity index (χ3n) is 5.78. The monoisotopic (exact) mass is 449 g/mol. The Kier molecular flexibility index (Phi) is 5.70. The fraction of sp³-hybridized carbons (Fsp3) is 0.0714. The Morgan fingerprint density at radius 1 is 0.882 bits per heavy atom. The van der Waals surface area contributed by atoms with E-state index in [0.717, 1.165) is 27.4 Å². The van der Waals surface area contributed by atoms with E-state index >= 15 is 0 Å². The van der Waals surface area contributed by atoms with E-state index in [1.165, 1.54) is 0 Å². The van der Waals surface area contributed by atoms with E-state index < -0.39 is 5.91 Å². The SMILES string of the molecule is Cn1c2ccccc2c2cc(C=C(NC(=O)c3ccccc3)C(=O)NCc3ccco3)ccc21. The van der Waals surface area contributed by atoms with Crippen molar-refractivity contribution < 1.29 is 14.0 Å². The minimum absolute atomic E-state index is 0.153. The molecule has 0 bridgehead atoms.